The minimum atomic E-state index is -0.985. The van der Waals surface area contributed by atoms with Crippen LogP contribution in [0.25, 0.3) is 0 Å². The third-order valence-electron chi connectivity index (χ3n) is 3.09. The molecule has 0 spiro atoms. The Kier molecular flexibility index (Phi) is 4.48. The Morgan fingerprint density at radius 1 is 1.24 bits per heavy atom. The van der Waals surface area contributed by atoms with Gasteiger partial charge in [0.15, 0.2) is 0 Å². The maximum Gasteiger partial charge on any atom is 0.335 e. The molecule has 0 saturated carbocycles. The molecule has 5 heteroatoms. The number of aryl methyl sites for hydroxylation is 2. The number of halogens is 2. The third-order valence-corrected chi connectivity index (χ3v) is 3.46. The molecule has 21 heavy (non-hydrogen) atoms. The summed E-state index contributed by atoms with van der Waals surface area (Å²) >= 11 is 5.98. The fourth-order valence-electron chi connectivity index (χ4n) is 2.11. The third kappa shape index (κ3) is 3.52. The summed E-state index contributed by atoms with van der Waals surface area (Å²) in [6, 6.07) is 7.15. The van der Waals surface area contributed by atoms with Crippen LogP contribution < -0.4 is 4.74 Å². The van der Waals surface area contributed by atoms with Gasteiger partial charge in [-0.2, -0.15) is 0 Å². The lowest BCUT2D eigenvalue weighted by atomic mass is 10.1. The van der Waals surface area contributed by atoms with Crippen LogP contribution in [0.4, 0.5) is 4.39 Å². The van der Waals surface area contributed by atoms with Crippen molar-refractivity contribution >= 4 is 17.6 Å². The quantitative estimate of drug-likeness (QED) is 0.912. The highest BCUT2D eigenvalue weighted by molar-refractivity contribution is 6.31. The predicted octanol–water partition coefficient (Wildman–Crippen LogP) is 4.37. The van der Waals surface area contributed by atoms with Gasteiger partial charge in [-0.3, -0.25) is 0 Å². The van der Waals surface area contributed by atoms with Crippen molar-refractivity contribution in [2.75, 3.05) is 0 Å². The van der Waals surface area contributed by atoms with Gasteiger partial charge in [-0.1, -0.05) is 11.6 Å². The maximum atomic E-state index is 13.2. The van der Waals surface area contributed by atoms with E-state index in [0.29, 0.717) is 27.5 Å². The van der Waals surface area contributed by atoms with Crippen molar-refractivity contribution < 1.29 is 19.0 Å². The molecule has 1 N–H and O–H groups in total. The molecule has 0 bridgehead atoms. The van der Waals surface area contributed by atoms with E-state index in [1.54, 1.807) is 13.8 Å². The molecule has 2 rings (SSSR count). The minimum Gasteiger partial charge on any atom is -0.488 e. The molecule has 0 radical (unpaired) electrons. The van der Waals surface area contributed by atoms with Crippen LogP contribution in [0.15, 0.2) is 30.3 Å². The first kappa shape index (κ1) is 15.3. The van der Waals surface area contributed by atoms with E-state index >= 15 is 0 Å². The molecule has 2 aromatic rings. The van der Waals surface area contributed by atoms with E-state index in [1.165, 1.54) is 30.3 Å². The second-order valence-electron chi connectivity index (χ2n) is 4.77. The van der Waals surface area contributed by atoms with Crippen molar-refractivity contribution in [1.29, 1.82) is 0 Å². The Balaban J connectivity index is 2.24. The van der Waals surface area contributed by atoms with Gasteiger partial charge in [0.05, 0.1) is 5.56 Å². The highest BCUT2D eigenvalue weighted by Crippen LogP contribution is 2.27. The fourth-order valence-corrected chi connectivity index (χ4v) is 2.28. The van der Waals surface area contributed by atoms with E-state index in [4.69, 9.17) is 21.4 Å². The van der Waals surface area contributed by atoms with Crippen LogP contribution in [-0.4, -0.2) is 11.1 Å². The lowest BCUT2D eigenvalue weighted by Gasteiger charge is -2.14. The van der Waals surface area contributed by atoms with Crippen molar-refractivity contribution in [3.05, 3.63) is 63.4 Å². The summed E-state index contributed by atoms with van der Waals surface area (Å²) in [4.78, 5) is 11.0. The molecule has 3 nitrogen and oxygen atoms in total. The lowest BCUT2D eigenvalue weighted by Crippen LogP contribution is -2.03. The number of carboxylic acid groups (broad SMARTS) is 1. The smallest absolute Gasteiger partial charge is 0.335 e. The molecule has 0 fully saturated rings. The molecule has 0 unspecified atom stereocenters. The summed E-state index contributed by atoms with van der Waals surface area (Å²) < 4.78 is 18.9. The van der Waals surface area contributed by atoms with Gasteiger partial charge in [0.25, 0.3) is 0 Å². The second-order valence-corrected chi connectivity index (χ2v) is 5.18. The molecule has 0 aliphatic carbocycles. The van der Waals surface area contributed by atoms with E-state index in [0.717, 1.165) is 0 Å². The Hall–Kier alpha value is -2.07. The van der Waals surface area contributed by atoms with Crippen LogP contribution in [0.3, 0.4) is 0 Å². The molecule has 0 heterocycles. The highest BCUT2D eigenvalue weighted by Gasteiger charge is 2.11. The normalized spacial score (nSPS) is 10.5. The van der Waals surface area contributed by atoms with E-state index in [1.807, 2.05) is 0 Å². The van der Waals surface area contributed by atoms with Crippen LogP contribution in [-0.2, 0) is 6.61 Å². The van der Waals surface area contributed by atoms with Crippen LogP contribution in [0.1, 0.15) is 27.0 Å². The maximum absolute atomic E-state index is 13.2. The molecule has 0 saturated heterocycles. The average Bonchev–Trinajstić information content (AvgIpc) is 2.41. The SMILES string of the molecule is Cc1cc(C(=O)O)cc(C)c1OCc1cc(F)ccc1Cl. The second kappa shape index (κ2) is 6.14. The molecule has 0 atom stereocenters. The van der Waals surface area contributed by atoms with E-state index in [-0.39, 0.29) is 18.0 Å². The Morgan fingerprint density at radius 3 is 2.43 bits per heavy atom. The zero-order valence-electron chi connectivity index (χ0n) is 11.6. The number of aromatic carboxylic acids is 1. The highest BCUT2D eigenvalue weighted by atomic mass is 35.5. The first-order valence-electron chi connectivity index (χ1n) is 6.29. The number of carbonyl (C=O) groups is 1. The van der Waals surface area contributed by atoms with Gasteiger partial charge in [0.2, 0.25) is 0 Å². The number of benzene rings is 2. The number of ether oxygens (including phenoxy) is 1. The van der Waals surface area contributed by atoms with Crippen molar-refractivity contribution in [2.24, 2.45) is 0 Å². The van der Waals surface area contributed by atoms with Crippen molar-refractivity contribution in [3.63, 3.8) is 0 Å². The van der Waals surface area contributed by atoms with Gasteiger partial charge in [0, 0.05) is 10.6 Å². The minimum absolute atomic E-state index is 0.116. The van der Waals surface area contributed by atoms with Crippen LogP contribution >= 0.6 is 11.6 Å². The number of hydrogen-bond acceptors (Lipinski definition) is 2. The predicted molar refractivity (Wildman–Crippen MR) is 78.6 cm³/mol. The molecular formula is C16H14ClFO3. The van der Waals surface area contributed by atoms with Gasteiger partial charge in [0.1, 0.15) is 18.2 Å². The lowest BCUT2D eigenvalue weighted by molar-refractivity contribution is 0.0696. The summed E-state index contributed by atoms with van der Waals surface area (Å²) in [5.41, 5.74) is 2.17. The van der Waals surface area contributed by atoms with Gasteiger partial charge >= 0.3 is 5.97 Å². The molecule has 0 aliphatic rings. The fraction of sp³-hybridized carbons (Fsp3) is 0.188. The van der Waals surface area contributed by atoms with E-state index < -0.39 is 5.97 Å². The largest absolute Gasteiger partial charge is 0.488 e. The molecule has 0 amide bonds. The van der Waals surface area contributed by atoms with Gasteiger partial charge in [-0.05, 0) is 55.3 Å². The zero-order chi connectivity index (χ0) is 15.6. The van der Waals surface area contributed by atoms with E-state index in [2.05, 4.69) is 0 Å². The Bertz CT molecular complexity index is 675. The summed E-state index contributed by atoms with van der Waals surface area (Å²) in [7, 11) is 0. The first-order chi connectivity index (χ1) is 9.88. The Labute approximate surface area is 126 Å². The average molecular weight is 309 g/mol. The van der Waals surface area contributed by atoms with E-state index in [9.17, 15) is 9.18 Å². The van der Waals surface area contributed by atoms with Gasteiger partial charge in [-0.15, -0.1) is 0 Å². The Morgan fingerprint density at radius 2 is 1.86 bits per heavy atom. The van der Waals surface area contributed by atoms with Crippen molar-refractivity contribution in [1.82, 2.24) is 0 Å². The van der Waals surface area contributed by atoms with Gasteiger partial charge in [-0.25, -0.2) is 9.18 Å². The zero-order valence-corrected chi connectivity index (χ0v) is 12.4. The number of carboxylic acids is 1. The molecule has 0 aliphatic heterocycles. The molecule has 0 aromatic heterocycles. The molecular weight excluding hydrogens is 295 g/mol. The van der Waals surface area contributed by atoms with Gasteiger partial charge < -0.3 is 9.84 Å². The number of hydrogen-bond donors (Lipinski definition) is 1. The first-order valence-corrected chi connectivity index (χ1v) is 6.67. The standard InChI is InChI=1S/C16H14ClFO3/c1-9-5-11(16(19)20)6-10(2)15(9)21-8-12-7-13(18)3-4-14(12)17/h3-7H,8H2,1-2H3,(H,19,20). The summed E-state index contributed by atoms with van der Waals surface area (Å²) in [5.74, 6) is -0.783. The summed E-state index contributed by atoms with van der Waals surface area (Å²) in [6.07, 6.45) is 0. The van der Waals surface area contributed by atoms with Crippen LogP contribution in [0.5, 0.6) is 5.75 Å². The van der Waals surface area contributed by atoms with Crippen LogP contribution in [0, 0.1) is 19.7 Å². The topological polar surface area (TPSA) is 46.5 Å². The summed E-state index contributed by atoms with van der Waals surface area (Å²) in [5, 5.41) is 9.42. The monoisotopic (exact) mass is 308 g/mol. The van der Waals surface area contributed by atoms with Crippen LogP contribution in [0.2, 0.25) is 5.02 Å². The molecule has 110 valence electrons. The van der Waals surface area contributed by atoms with Crippen molar-refractivity contribution in [3.8, 4) is 5.75 Å². The number of rotatable bonds is 4. The van der Waals surface area contributed by atoms with Crippen molar-refractivity contribution in [2.45, 2.75) is 20.5 Å². The summed E-state index contributed by atoms with van der Waals surface area (Å²) in [6.45, 7) is 3.65. The molecule has 2 aromatic carbocycles.